The van der Waals surface area contributed by atoms with E-state index in [0.717, 1.165) is 29.8 Å². The van der Waals surface area contributed by atoms with Gasteiger partial charge >= 0.3 is 0 Å². The highest BCUT2D eigenvalue weighted by Crippen LogP contribution is 2.12. The molecule has 0 fully saturated rings. The van der Waals surface area contributed by atoms with Gasteiger partial charge in [-0.15, -0.1) is 5.10 Å². The highest BCUT2D eigenvalue weighted by Gasteiger charge is 1.99. The highest BCUT2D eigenvalue weighted by atomic mass is 79.9. The predicted octanol–water partition coefficient (Wildman–Crippen LogP) is 2.38. The molecule has 0 aliphatic heterocycles. The predicted molar refractivity (Wildman–Crippen MR) is 81.2 cm³/mol. The number of rotatable bonds is 5. The van der Waals surface area contributed by atoms with Crippen LogP contribution in [0.25, 0.3) is 10.9 Å². The summed E-state index contributed by atoms with van der Waals surface area (Å²) >= 11 is 3.28. The third-order valence-corrected chi connectivity index (χ3v) is 3.34. The lowest BCUT2D eigenvalue weighted by atomic mass is 10.1. The molecule has 0 atom stereocenters. The third kappa shape index (κ3) is 3.20. The van der Waals surface area contributed by atoms with Crippen LogP contribution in [-0.4, -0.2) is 26.5 Å². The molecular formula is C14H14BrN5. The van der Waals surface area contributed by atoms with Crippen LogP contribution in [0.4, 0.5) is 0 Å². The largest absolute Gasteiger partial charge is 0.311 e. The summed E-state index contributed by atoms with van der Waals surface area (Å²) in [4.78, 5) is 6.11. The summed E-state index contributed by atoms with van der Waals surface area (Å²) in [5.74, 6) is 0. The Balaban J connectivity index is 1.54. The van der Waals surface area contributed by atoms with E-state index in [9.17, 15) is 0 Å². The van der Waals surface area contributed by atoms with Crippen molar-refractivity contribution < 1.29 is 0 Å². The zero-order valence-corrected chi connectivity index (χ0v) is 12.4. The van der Waals surface area contributed by atoms with Gasteiger partial charge in [0.2, 0.25) is 0 Å². The van der Waals surface area contributed by atoms with Crippen LogP contribution in [0.1, 0.15) is 5.56 Å². The average Bonchev–Trinajstić information content (AvgIpc) is 2.89. The molecule has 0 bridgehead atoms. The summed E-state index contributed by atoms with van der Waals surface area (Å²) in [6.45, 7) is 2.35. The van der Waals surface area contributed by atoms with Crippen molar-refractivity contribution in [1.29, 1.82) is 0 Å². The van der Waals surface area contributed by atoms with Crippen LogP contribution in [-0.2, 0) is 13.1 Å². The van der Waals surface area contributed by atoms with E-state index >= 15 is 0 Å². The molecular weight excluding hydrogens is 318 g/mol. The molecule has 0 spiro atoms. The van der Waals surface area contributed by atoms with Gasteiger partial charge in [0.1, 0.15) is 4.60 Å². The molecule has 20 heavy (non-hydrogen) atoms. The zero-order chi connectivity index (χ0) is 13.8. The monoisotopic (exact) mass is 331 g/mol. The van der Waals surface area contributed by atoms with E-state index in [4.69, 9.17) is 0 Å². The number of hydrogen-bond acceptors (Lipinski definition) is 4. The minimum Gasteiger partial charge on any atom is -0.311 e. The maximum Gasteiger partial charge on any atom is 0.148 e. The lowest BCUT2D eigenvalue weighted by Crippen LogP contribution is -2.20. The molecule has 102 valence electrons. The van der Waals surface area contributed by atoms with Crippen molar-refractivity contribution in [3.05, 3.63) is 52.9 Å². The van der Waals surface area contributed by atoms with E-state index in [1.165, 1.54) is 10.9 Å². The lowest BCUT2D eigenvalue weighted by molar-refractivity contribution is 0.500. The molecule has 5 nitrogen and oxygen atoms in total. The Bertz CT molecular complexity index is 709. The smallest absolute Gasteiger partial charge is 0.148 e. The maximum absolute atomic E-state index is 4.45. The van der Waals surface area contributed by atoms with Gasteiger partial charge in [-0.3, -0.25) is 4.98 Å². The van der Waals surface area contributed by atoms with Gasteiger partial charge in [0.25, 0.3) is 0 Å². The van der Waals surface area contributed by atoms with Crippen LogP contribution >= 0.6 is 15.9 Å². The summed E-state index contributed by atoms with van der Waals surface area (Å²) < 4.78 is 0.760. The van der Waals surface area contributed by atoms with Gasteiger partial charge < -0.3 is 5.32 Å². The van der Waals surface area contributed by atoms with Crippen molar-refractivity contribution >= 4 is 26.8 Å². The van der Waals surface area contributed by atoms with E-state index in [2.05, 4.69) is 48.6 Å². The number of halogens is 1. The normalized spacial score (nSPS) is 11.1. The summed E-state index contributed by atoms with van der Waals surface area (Å²) in [6.07, 6.45) is 3.60. The number of fused-ring (bicyclic) bond motifs is 1. The molecule has 0 unspecified atom stereocenters. The Morgan fingerprint density at radius 3 is 2.95 bits per heavy atom. The number of hydrogen-bond donors (Lipinski definition) is 1. The van der Waals surface area contributed by atoms with E-state index in [1.54, 1.807) is 11.0 Å². The van der Waals surface area contributed by atoms with E-state index in [0.29, 0.717) is 0 Å². The molecule has 0 radical (unpaired) electrons. The molecule has 2 aromatic heterocycles. The molecule has 0 saturated carbocycles. The Hall–Kier alpha value is -1.79. The molecule has 0 aliphatic carbocycles. The van der Waals surface area contributed by atoms with Crippen molar-refractivity contribution in [2.45, 2.75) is 13.1 Å². The summed E-state index contributed by atoms with van der Waals surface area (Å²) in [5.41, 5.74) is 2.21. The quantitative estimate of drug-likeness (QED) is 0.729. The Morgan fingerprint density at radius 1 is 1.20 bits per heavy atom. The minimum atomic E-state index is 0.743. The molecule has 0 amide bonds. The van der Waals surface area contributed by atoms with Crippen molar-refractivity contribution in [1.82, 2.24) is 25.3 Å². The van der Waals surface area contributed by atoms with Crippen LogP contribution < -0.4 is 5.32 Å². The molecule has 1 N–H and O–H groups in total. The minimum absolute atomic E-state index is 0.743. The second kappa shape index (κ2) is 6.11. The van der Waals surface area contributed by atoms with Crippen LogP contribution in [0.3, 0.4) is 0 Å². The lowest BCUT2D eigenvalue weighted by Gasteiger charge is -2.05. The Labute approximate surface area is 125 Å². The Morgan fingerprint density at radius 2 is 2.10 bits per heavy atom. The van der Waals surface area contributed by atoms with Crippen molar-refractivity contribution in [3.8, 4) is 0 Å². The molecule has 3 rings (SSSR count). The zero-order valence-electron chi connectivity index (χ0n) is 10.8. The number of aromatic nitrogens is 4. The van der Waals surface area contributed by atoms with Crippen molar-refractivity contribution in [2.75, 3.05) is 6.54 Å². The first-order valence-corrected chi connectivity index (χ1v) is 7.20. The molecule has 1 aromatic carbocycles. The van der Waals surface area contributed by atoms with E-state index < -0.39 is 0 Å². The van der Waals surface area contributed by atoms with Gasteiger partial charge in [0, 0.05) is 24.7 Å². The first-order valence-electron chi connectivity index (χ1n) is 6.41. The van der Waals surface area contributed by atoms with Crippen LogP contribution in [0.2, 0.25) is 0 Å². The molecule has 0 aliphatic rings. The second-order valence-electron chi connectivity index (χ2n) is 4.48. The SMILES string of the molecule is Brc1cnn(CCNCc2cnc3ccccc3c2)n1. The van der Waals surface area contributed by atoms with Crippen LogP contribution in [0, 0.1) is 0 Å². The van der Waals surface area contributed by atoms with E-state index in [1.807, 2.05) is 24.4 Å². The summed E-state index contributed by atoms with van der Waals surface area (Å²) in [5, 5.41) is 12.8. The fourth-order valence-corrected chi connectivity index (χ4v) is 2.28. The van der Waals surface area contributed by atoms with Gasteiger partial charge in [-0.2, -0.15) is 9.90 Å². The molecule has 0 saturated heterocycles. The topological polar surface area (TPSA) is 55.6 Å². The number of benzene rings is 1. The van der Waals surface area contributed by atoms with Crippen LogP contribution in [0.5, 0.6) is 0 Å². The van der Waals surface area contributed by atoms with Crippen molar-refractivity contribution in [3.63, 3.8) is 0 Å². The summed E-state index contributed by atoms with van der Waals surface area (Å²) in [6, 6.07) is 10.3. The van der Waals surface area contributed by atoms with Gasteiger partial charge in [0.15, 0.2) is 0 Å². The molecule has 6 heteroatoms. The van der Waals surface area contributed by atoms with E-state index in [-0.39, 0.29) is 0 Å². The van der Waals surface area contributed by atoms with Gasteiger partial charge in [-0.05, 0) is 33.6 Å². The van der Waals surface area contributed by atoms with Crippen molar-refractivity contribution in [2.24, 2.45) is 0 Å². The number of nitrogens with zero attached hydrogens (tertiary/aromatic N) is 4. The molecule has 3 aromatic rings. The number of nitrogens with one attached hydrogen (secondary N) is 1. The highest BCUT2D eigenvalue weighted by molar-refractivity contribution is 9.10. The van der Waals surface area contributed by atoms with Gasteiger partial charge in [-0.25, -0.2) is 0 Å². The fraction of sp³-hybridized carbons (Fsp3) is 0.214. The average molecular weight is 332 g/mol. The number of para-hydroxylation sites is 1. The fourth-order valence-electron chi connectivity index (χ4n) is 2.01. The van der Waals surface area contributed by atoms with Crippen LogP contribution in [0.15, 0.2) is 47.3 Å². The summed E-state index contributed by atoms with van der Waals surface area (Å²) in [7, 11) is 0. The first kappa shape index (κ1) is 13.2. The molecule has 2 heterocycles. The standard InChI is InChI=1S/C14H14BrN5/c15-14-10-18-20(19-14)6-5-16-8-11-7-12-3-1-2-4-13(12)17-9-11/h1-4,7,9-10,16H,5-6,8H2. The second-order valence-corrected chi connectivity index (χ2v) is 5.29. The van der Waals surface area contributed by atoms with Gasteiger partial charge in [0.05, 0.1) is 18.3 Å². The first-order chi connectivity index (χ1) is 9.81. The maximum atomic E-state index is 4.45. The van der Waals surface area contributed by atoms with Gasteiger partial charge in [-0.1, -0.05) is 18.2 Å². The third-order valence-electron chi connectivity index (χ3n) is 2.97. The Kier molecular flexibility index (Phi) is 4.03. The number of pyridine rings is 1.